The molecular weight excluding hydrogens is 416 g/mol. The van der Waals surface area contributed by atoms with Crippen LogP contribution in [0.1, 0.15) is 29.1 Å². The summed E-state index contributed by atoms with van der Waals surface area (Å²) in [6.45, 7) is 1.90. The second-order valence-electron chi connectivity index (χ2n) is 6.34. The highest BCUT2D eigenvalue weighted by Gasteiger charge is 2.16. The highest BCUT2D eigenvalue weighted by atomic mass is 32.1. The maximum Gasteiger partial charge on any atom is 0.257 e. The molecule has 0 saturated heterocycles. The van der Waals surface area contributed by atoms with Gasteiger partial charge in [0, 0.05) is 18.0 Å². The first-order valence-corrected chi connectivity index (χ1v) is 10.1. The fourth-order valence-corrected chi connectivity index (χ4v) is 3.45. The number of amides is 1. The van der Waals surface area contributed by atoms with E-state index in [0.29, 0.717) is 32.9 Å². The van der Waals surface area contributed by atoms with Gasteiger partial charge in [0.2, 0.25) is 5.13 Å². The SMILES string of the molecule is COc1cc(C(=O)Nc2nnc(-c3ccncn3)s2)ccc1O[C@@H](C)c1ccccn1. The zero-order valence-electron chi connectivity index (χ0n) is 16.7. The number of aromatic nitrogens is 5. The first-order valence-electron chi connectivity index (χ1n) is 9.31. The van der Waals surface area contributed by atoms with Gasteiger partial charge in [0.1, 0.15) is 18.1 Å². The number of nitrogens with one attached hydrogen (secondary N) is 1. The Hall–Kier alpha value is -3.92. The van der Waals surface area contributed by atoms with E-state index in [1.165, 1.54) is 24.8 Å². The van der Waals surface area contributed by atoms with Crippen LogP contribution in [0.15, 0.2) is 61.2 Å². The number of anilines is 1. The van der Waals surface area contributed by atoms with Crippen molar-refractivity contribution in [3.05, 3.63) is 72.4 Å². The molecule has 156 valence electrons. The molecule has 10 heteroatoms. The molecule has 1 atom stereocenters. The normalized spacial score (nSPS) is 11.5. The molecule has 0 spiro atoms. The van der Waals surface area contributed by atoms with Crippen LogP contribution in [-0.4, -0.2) is 38.2 Å². The monoisotopic (exact) mass is 434 g/mol. The van der Waals surface area contributed by atoms with Gasteiger partial charge < -0.3 is 9.47 Å². The smallest absolute Gasteiger partial charge is 0.257 e. The molecule has 0 radical (unpaired) electrons. The zero-order valence-corrected chi connectivity index (χ0v) is 17.5. The molecule has 0 unspecified atom stereocenters. The summed E-state index contributed by atoms with van der Waals surface area (Å²) in [5.74, 6) is 0.613. The lowest BCUT2D eigenvalue weighted by Crippen LogP contribution is -2.12. The van der Waals surface area contributed by atoms with Crippen LogP contribution in [0.25, 0.3) is 10.7 Å². The maximum absolute atomic E-state index is 12.7. The lowest BCUT2D eigenvalue weighted by atomic mass is 10.2. The van der Waals surface area contributed by atoms with Crippen molar-refractivity contribution in [2.24, 2.45) is 0 Å². The van der Waals surface area contributed by atoms with Crippen molar-refractivity contribution in [3.63, 3.8) is 0 Å². The fraction of sp³-hybridized carbons (Fsp3) is 0.143. The van der Waals surface area contributed by atoms with Gasteiger partial charge in [-0.25, -0.2) is 9.97 Å². The second kappa shape index (κ2) is 9.26. The quantitative estimate of drug-likeness (QED) is 0.468. The molecule has 0 fully saturated rings. The third-order valence-electron chi connectivity index (χ3n) is 4.28. The third-order valence-corrected chi connectivity index (χ3v) is 5.14. The lowest BCUT2D eigenvalue weighted by Gasteiger charge is -2.17. The standard InChI is InChI=1S/C21H18N6O3S/c1-13(15-5-3-4-9-23-15)30-17-7-6-14(11-18(17)29-2)19(28)25-21-27-26-20(31-21)16-8-10-22-12-24-16/h3-13H,1-2H3,(H,25,27,28)/t13-/m0/s1. The Kier molecular flexibility index (Phi) is 6.08. The van der Waals surface area contributed by atoms with Crippen molar-refractivity contribution in [2.45, 2.75) is 13.0 Å². The van der Waals surface area contributed by atoms with Gasteiger partial charge >= 0.3 is 0 Å². The van der Waals surface area contributed by atoms with Gasteiger partial charge in [0.15, 0.2) is 16.5 Å². The predicted molar refractivity (Wildman–Crippen MR) is 115 cm³/mol. The summed E-state index contributed by atoms with van der Waals surface area (Å²) in [6.07, 6.45) is 4.48. The molecule has 3 aromatic heterocycles. The minimum atomic E-state index is -0.340. The van der Waals surface area contributed by atoms with E-state index >= 15 is 0 Å². The van der Waals surface area contributed by atoms with Crippen molar-refractivity contribution >= 4 is 22.4 Å². The van der Waals surface area contributed by atoms with Crippen molar-refractivity contribution in [1.82, 2.24) is 25.1 Å². The van der Waals surface area contributed by atoms with Crippen LogP contribution >= 0.6 is 11.3 Å². The molecule has 0 aliphatic carbocycles. The highest BCUT2D eigenvalue weighted by Crippen LogP contribution is 2.32. The number of hydrogen-bond donors (Lipinski definition) is 1. The first kappa shape index (κ1) is 20.4. The summed E-state index contributed by atoms with van der Waals surface area (Å²) < 4.78 is 11.4. The van der Waals surface area contributed by atoms with E-state index in [1.54, 1.807) is 36.7 Å². The molecule has 4 rings (SSSR count). The molecule has 0 saturated carbocycles. The molecule has 3 heterocycles. The van der Waals surface area contributed by atoms with E-state index in [9.17, 15) is 4.79 Å². The largest absolute Gasteiger partial charge is 0.493 e. The molecule has 4 aromatic rings. The molecule has 1 aromatic carbocycles. The number of benzene rings is 1. The van der Waals surface area contributed by atoms with Crippen LogP contribution in [0.4, 0.5) is 5.13 Å². The van der Waals surface area contributed by atoms with Crippen LogP contribution in [-0.2, 0) is 0 Å². The Labute approximate surface area is 182 Å². The van der Waals surface area contributed by atoms with Crippen molar-refractivity contribution in [3.8, 4) is 22.2 Å². The van der Waals surface area contributed by atoms with Gasteiger partial charge in [-0.1, -0.05) is 17.4 Å². The number of methoxy groups -OCH3 is 1. The summed E-state index contributed by atoms with van der Waals surface area (Å²) in [7, 11) is 1.52. The van der Waals surface area contributed by atoms with Gasteiger partial charge in [0.05, 0.1) is 12.8 Å². The average molecular weight is 434 g/mol. The minimum Gasteiger partial charge on any atom is -0.493 e. The summed E-state index contributed by atoms with van der Waals surface area (Å²) in [5, 5.41) is 11.8. The molecule has 31 heavy (non-hydrogen) atoms. The summed E-state index contributed by atoms with van der Waals surface area (Å²) in [4.78, 5) is 25.0. The van der Waals surface area contributed by atoms with Crippen LogP contribution in [0.5, 0.6) is 11.5 Å². The Morgan fingerprint density at radius 2 is 1.97 bits per heavy atom. The van der Waals surface area contributed by atoms with Crippen LogP contribution in [0.3, 0.4) is 0 Å². The topological polar surface area (TPSA) is 112 Å². The van der Waals surface area contributed by atoms with E-state index in [-0.39, 0.29) is 12.0 Å². The summed E-state index contributed by atoms with van der Waals surface area (Å²) in [5.41, 5.74) is 1.83. The van der Waals surface area contributed by atoms with E-state index in [0.717, 1.165) is 5.69 Å². The number of pyridine rings is 1. The summed E-state index contributed by atoms with van der Waals surface area (Å²) >= 11 is 1.22. The van der Waals surface area contributed by atoms with Gasteiger partial charge in [-0.2, -0.15) is 0 Å². The van der Waals surface area contributed by atoms with Gasteiger partial charge in [-0.15, -0.1) is 10.2 Å². The average Bonchev–Trinajstić information content (AvgIpc) is 3.29. The third kappa shape index (κ3) is 4.81. The Morgan fingerprint density at radius 3 is 2.71 bits per heavy atom. The molecule has 0 bridgehead atoms. The van der Waals surface area contributed by atoms with Gasteiger partial charge in [-0.3, -0.25) is 15.1 Å². The van der Waals surface area contributed by atoms with Crippen LogP contribution in [0, 0.1) is 0 Å². The molecular formula is C21H18N6O3S. The van der Waals surface area contributed by atoms with E-state index in [1.807, 2.05) is 25.1 Å². The Balaban J connectivity index is 1.47. The molecule has 1 amide bonds. The van der Waals surface area contributed by atoms with Crippen LogP contribution < -0.4 is 14.8 Å². The lowest BCUT2D eigenvalue weighted by molar-refractivity contribution is 0.102. The van der Waals surface area contributed by atoms with Gasteiger partial charge in [-0.05, 0) is 43.3 Å². The molecule has 9 nitrogen and oxygen atoms in total. The predicted octanol–water partition coefficient (Wildman–Crippen LogP) is 3.79. The van der Waals surface area contributed by atoms with Gasteiger partial charge in [0.25, 0.3) is 5.91 Å². The van der Waals surface area contributed by atoms with Crippen molar-refractivity contribution < 1.29 is 14.3 Å². The zero-order chi connectivity index (χ0) is 21.6. The minimum absolute atomic E-state index is 0.281. The molecule has 0 aliphatic heterocycles. The number of carbonyl (C=O) groups is 1. The van der Waals surface area contributed by atoms with Crippen LogP contribution in [0.2, 0.25) is 0 Å². The number of rotatable bonds is 7. The fourth-order valence-electron chi connectivity index (χ4n) is 2.74. The maximum atomic E-state index is 12.7. The first-order chi connectivity index (χ1) is 15.1. The molecule has 1 N–H and O–H groups in total. The van der Waals surface area contributed by atoms with Crippen molar-refractivity contribution in [2.75, 3.05) is 12.4 Å². The van der Waals surface area contributed by atoms with E-state index in [2.05, 4.69) is 30.5 Å². The van der Waals surface area contributed by atoms with Crippen molar-refractivity contribution in [1.29, 1.82) is 0 Å². The highest BCUT2D eigenvalue weighted by molar-refractivity contribution is 7.18. The van der Waals surface area contributed by atoms with E-state index < -0.39 is 0 Å². The Morgan fingerprint density at radius 1 is 1.06 bits per heavy atom. The number of nitrogens with zero attached hydrogens (tertiary/aromatic N) is 5. The molecule has 0 aliphatic rings. The van der Waals surface area contributed by atoms with E-state index in [4.69, 9.17) is 9.47 Å². The Bertz CT molecular complexity index is 1170. The number of hydrogen-bond acceptors (Lipinski definition) is 9. The number of ether oxygens (including phenoxy) is 2. The summed E-state index contributed by atoms with van der Waals surface area (Å²) in [6, 6.07) is 12.3. The number of carbonyl (C=O) groups excluding carboxylic acids is 1. The second-order valence-corrected chi connectivity index (χ2v) is 7.32.